The predicted molar refractivity (Wildman–Crippen MR) is 119 cm³/mol. The monoisotopic (exact) mass is 409 g/mol. The summed E-state index contributed by atoms with van der Waals surface area (Å²) in [7, 11) is 1.90. The summed E-state index contributed by atoms with van der Waals surface area (Å²) >= 11 is 0. The summed E-state index contributed by atoms with van der Waals surface area (Å²) in [4.78, 5) is 12.1. The second kappa shape index (κ2) is 12.1. The van der Waals surface area contributed by atoms with Crippen molar-refractivity contribution in [2.75, 3.05) is 72.6 Å². The number of ether oxygens (including phenoxy) is 2. The molecule has 168 valence electrons. The predicted octanol–water partition coefficient (Wildman–Crippen LogP) is 1.64. The van der Waals surface area contributed by atoms with Crippen molar-refractivity contribution in [3.8, 4) is 0 Å². The third-order valence-corrected chi connectivity index (χ3v) is 6.78. The number of aliphatic imine (C=N–C) groups is 1. The van der Waals surface area contributed by atoms with Crippen molar-refractivity contribution in [2.45, 2.75) is 64.2 Å². The Morgan fingerprint density at radius 3 is 2.48 bits per heavy atom. The van der Waals surface area contributed by atoms with Crippen LogP contribution in [0.4, 0.5) is 0 Å². The quantitative estimate of drug-likeness (QED) is 0.510. The van der Waals surface area contributed by atoms with Crippen LogP contribution in [0.5, 0.6) is 0 Å². The minimum absolute atomic E-state index is 0.317. The van der Waals surface area contributed by atoms with Crippen LogP contribution in [-0.2, 0) is 9.47 Å². The first kappa shape index (κ1) is 22.8. The highest BCUT2D eigenvalue weighted by molar-refractivity contribution is 5.80. The van der Waals surface area contributed by atoms with E-state index >= 15 is 0 Å². The van der Waals surface area contributed by atoms with Crippen molar-refractivity contribution in [3.05, 3.63) is 0 Å². The number of guanidine groups is 1. The number of nitrogens with one attached hydrogen (secondary N) is 1. The van der Waals surface area contributed by atoms with E-state index in [9.17, 15) is 0 Å². The highest BCUT2D eigenvalue weighted by atomic mass is 16.5. The van der Waals surface area contributed by atoms with E-state index in [1.807, 2.05) is 7.05 Å². The molecule has 3 aliphatic heterocycles. The lowest BCUT2D eigenvalue weighted by Crippen LogP contribution is -2.54. The number of hydrogen-bond donors (Lipinski definition) is 1. The molecule has 3 rings (SSSR count). The fraction of sp³-hybridized carbons (Fsp3) is 0.955. The van der Waals surface area contributed by atoms with Crippen LogP contribution in [0.3, 0.4) is 0 Å². The molecule has 2 unspecified atom stereocenters. The maximum Gasteiger partial charge on any atom is 0.193 e. The maximum absolute atomic E-state index is 6.16. The van der Waals surface area contributed by atoms with Crippen LogP contribution in [-0.4, -0.2) is 112 Å². The number of piperidine rings is 1. The van der Waals surface area contributed by atoms with E-state index in [4.69, 9.17) is 9.47 Å². The van der Waals surface area contributed by atoms with Gasteiger partial charge in [0.25, 0.3) is 0 Å². The van der Waals surface area contributed by atoms with Gasteiger partial charge in [0.1, 0.15) is 0 Å². The van der Waals surface area contributed by atoms with Gasteiger partial charge in [-0.15, -0.1) is 0 Å². The molecular formula is C22H43N5O2. The minimum atomic E-state index is 0.317. The number of likely N-dealkylation sites (tertiary alicyclic amines) is 1. The molecule has 0 radical (unpaired) electrons. The number of likely N-dealkylation sites (N-methyl/N-ethyl adjacent to an activating group) is 1. The zero-order valence-corrected chi connectivity index (χ0v) is 18.9. The average Bonchev–Trinajstić information content (AvgIpc) is 2.79. The van der Waals surface area contributed by atoms with Gasteiger partial charge in [0.15, 0.2) is 5.96 Å². The number of piperazine rings is 1. The molecule has 0 aromatic rings. The fourth-order valence-corrected chi connectivity index (χ4v) is 4.64. The molecular weight excluding hydrogens is 366 g/mol. The van der Waals surface area contributed by atoms with Crippen LogP contribution >= 0.6 is 0 Å². The molecule has 0 aromatic carbocycles. The first-order valence-corrected chi connectivity index (χ1v) is 11.8. The fourth-order valence-electron chi connectivity index (χ4n) is 4.64. The summed E-state index contributed by atoms with van der Waals surface area (Å²) in [6.45, 7) is 15.1. The molecule has 0 saturated carbocycles. The zero-order chi connectivity index (χ0) is 20.5. The van der Waals surface area contributed by atoms with Gasteiger partial charge in [-0.2, -0.15) is 0 Å². The highest BCUT2D eigenvalue weighted by Crippen LogP contribution is 2.18. The molecule has 0 aliphatic carbocycles. The van der Waals surface area contributed by atoms with Crippen LogP contribution in [0.1, 0.15) is 46.0 Å². The molecule has 3 heterocycles. The van der Waals surface area contributed by atoms with Crippen molar-refractivity contribution >= 4 is 5.96 Å². The Morgan fingerprint density at radius 2 is 1.86 bits per heavy atom. The molecule has 7 heteroatoms. The smallest absolute Gasteiger partial charge is 0.193 e. The van der Waals surface area contributed by atoms with Crippen LogP contribution in [0.2, 0.25) is 0 Å². The van der Waals surface area contributed by atoms with Gasteiger partial charge in [-0.1, -0.05) is 6.92 Å². The van der Waals surface area contributed by atoms with E-state index in [2.05, 4.69) is 38.9 Å². The third kappa shape index (κ3) is 7.09. The van der Waals surface area contributed by atoms with Gasteiger partial charge in [-0.05, 0) is 45.6 Å². The number of hydrogen-bond acceptors (Lipinski definition) is 5. The first-order chi connectivity index (χ1) is 14.2. The van der Waals surface area contributed by atoms with E-state index in [1.165, 1.54) is 45.6 Å². The molecule has 1 N–H and O–H groups in total. The molecule has 0 spiro atoms. The van der Waals surface area contributed by atoms with Crippen molar-refractivity contribution in [1.82, 2.24) is 20.0 Å². The normalized spacial score (nSPS) is 27.2. The second-order valence-electron chi connectivity index (χ2n) is 8.76. The van der Waals surface area contributed by atoms with E-state index in [0.717, 1.165) is 58.1 Å². The van der Waals surface area contributed by atoms with Gasteiger partial charge in [0.05, 0.1) is 18.8 Å². The van der Waals surface area contributed by atoms with E-state index in [1.54, 1.807) is 0 Å². The highest BCUT2D eigenvalue weighted by Gasteiger charge is 2.25. The van der Waals surface area contributed by atoms with E-state index in [0.29, 0.717) is 18.2 Å². The van der Waals surface area contributed by atoms with Crippen LogP contribution < -0.4 is 5.32 Å². The van der Waals surface area contributed by atoms with Gasteiger partial charge in [-0.25, -0.2) is 0 Å². The Kier molecular flexibility index (Phi) is 9.49. The zero-order valence-electron chi connectivity index (χ0n) is 18.9. The van der Waals surface area contributed by atoms with Crippen molar-refractivity contribution in [2.24, 2.45) is 4.99 Å². The maximum atomic E-state index is 6.16. The molecule has 0 aromatic heterocycles. The second-order valence-corrected chi connectivity index (χ2v) is 8.76. The molecule has 3 fully saturated rings. The summed E-state index contributed by atoms with van der Waals surface area (Å²) < 4.78 is 11.9. The largest absolute Gasteiger partial charge is 0.376 e. The van der Waals surface area contributed by atoms with Gasteiger partial charge in [0, 0.05) is 65.5 Å². The Bertz CT molecular complexity index is 482. The van der Waals surface area contributed by atoms with Crippen LogP contribution in [0, 0.1) is 0 Å². The van der Waals surface area contributed by atoms with Gasteiger partial charge >= 0.3 is 0 Å². The molecule has 3 saturated heterocycles. The molecule has 7 nitrogen and oxygen atoms in total. The van der Waals surface area contributed by atoms with Gasteiger partial charge in [0.2, 0.25) is 0 Å². The van der Waals surface area contributed by atoms with E-state index < -0.39 is 0 Å². The average molecular weight is 410 g/mol. The number of rotatable bonds is 7. The number of nitrogens with zero attached hydrogens (tertiary/aromatic N) is 4. The van der Waals surface area contributed by atoms with E-state index in [-0.39, 0.29) is 0 Å². The Morgan fingerprint density at radius 1 is 1.10 bits per heavy atom. The van der Waals surface area contributed by atoms with Gasteiger partial charge in [-0.3, -0.25) is 9.89 Å². The van der Waals surface area contributed by atoms with Crippen molar-refractivity contribution in [3.63, 3.8) is 0 Å². The molecule has 3 aliphatic rings. The molecule has 0 amide bonds. The van der Waals surface area contributed by atoms with Gasteiger partial charge < -0.3 is 24.6 Å². The summed E-state index contributed by atoms with van der Waals surface area (Å²) in [5.74, 6) is 1.04. The summed E-state index contributed by atoms with van der Waals surface area (Å²) in [6.07, 6.45) is 6.46. The summed E-state index contributed by atoms with van der Waals surface area (Å²) in [6, 6.07) is 0.530. The van der Waals surface area contributed by atoms with Crippen LogP contribution in [0.15, 0.2) is 4.99 Å². The lowest BCUT2D eigenvalue weighted by atomic mass is 10.1. The first-order valence-electron chi connectivity index (χ1n) is 11.8. The van der Waals surface area contributed by atoms with Crippen molar-refractivity contribution < 1.29 is 9.47 Å². The molecule has 29 heavy (non-hydrogen) atoms. The Labute approximate surface area is 177 Å². The third-order valence-electron chi connectivity index (χ3n) is 6.78. The van der Waals surface area contributed by atoms with Crippen molar-refractivity contribution in [1.29, 1.82) is 0 Å². The topological polar surface area (TPSA) is 52.6 Å². The minimum Gasteiger partial charge on any atom is -0.376 e. The summed E-state index contributed by atoms with van der Waals surface area (Å²) in [5.41, 5.74) is 0. The lowest BCUT2D eigenvalue weighted by Gasteiger charge is -2.39. The molecule has 0 bridgehead atoms. The Hall–Kier alpha value is -0.890. The Balaban J connectivity index is 1.33. The molecule has 2 atom stereocenters. The lowest BCUT2D eigenvalue weighted by molar-refractivity contribution is -0.0721. The van der Waals surface area contributed by atoms with Crippen LogP contribution in [0.25, 0.3) is 0 Å². The standard InChI is InChI=1S/C22H43N5O2/c1-4-25-12-14-26(15-13-25)19(2)17-24-22(23-3)27-10-8-20(9-11-27)29-18-21-7-5-6-16-28-21/h19-21H,4-18H2,1-3H3,(H,23,24). The SMILES string of the molecule is CCN1CCN(C(C)CNC(=NC)N2CCC(OCC3CCCCO3)CC2)CC1. The summed E-state index contributed by atoms with van der Waals surface area (Å²) in [5, 5.41) is 3.62.